The van der Waals surface area contributed by atoms with Crippen LogP contribution in [0, 0.1) is 5.92 Å². The summed E-state index contributed by atoms with van der Waals surface area (Å²) >= 11 is 3.26. The van der Waals surface area contributed by atoms with Gasteiger partial charge in [-0.3, -0.25) is 4.98 Å². The monoisotopic (exact) mass is 347 g/mol. The van der Waals surface area contributed by atoms with E-state index in [4.69, 9.17) is 0 Å². The second-order valence-electron chi connectivity index (χ2n) is 5.17. The summed E-state index contributed by atoms with van der Waals surface area (Å²) in [5, 5.41) is 0. The fourth-order valence-electron chi connectivity index (χ4n) is 2.46. The summed E-state index contributed by atoms with van der Waals surface area (Å²) in [5.41, 5.74) is 0. The van der Waals surface area contributed by atoms with Gasteiger partial charge in [-0.2, -0.15) is 4.31 Å². The maximum atomic E-state index is 12.5. The number of hydrogen-bond acceptors (Lipinski definition) is 4. The van der Waals surface area contributed by atoms with E-state index in [0.29, 0.717) is 23.5 Å². The fraction of sp³-hybridized carbons (Fsp3) is 0.583. The molecule has 5 nitrogen and oxygen atoms in total. The zero-order valence-corrected chi connectivity index (χ0v) is 13.6. The maximum Gasteiger partial charge on any atom is 0.244 e. The van der Waals surface area contributed by atoms with Gasteiger partial charge in [-0.15, -0.1) is 0 Å². The maximum absolute atomic E-state index is 12.5. The first-order valence-corrected chi connectivity index (χ1v) is 8.33. The molecule has 2 unspecified atom stereocenters. The molecule has 0 radical (unpaired) electrons. The largest absolute Gasteiger partial charge is 0.305 e. The van der Waals surface area contributed by atoms with Crippen LogP contribution in [0.3, 0.4) is 0 Å². The normalized spacial score (nSPS) is 25.1. The van der Waals surface area contributed by atoms with Gasteiger partial charge < -0.3 is 4.90 Å². The smallest absolute Gasteiger partial charge is 0.244 e. The highest BCUT2D eigenvalue weighted by Gasteiger charge is 2.38. The average molecular weight is 348 g/mol. The van der Waals surface area contributed by atoms with Crippen LogP contribution in [0.15, 0.2) is 27.8 Å². The van der Waals surface area contributed by atoms with Gasteiger partial charge in [0, 0.05) is 36.0 Å². The van der Waals surface area contributed by atoms with E-state index < -0.39 is 10.0 Å². The third-order valence-electron chi connectivity index (χ3n) is 3.52. The molecular weight excluding hydrogens is 330 g/mol. The topological polar surface area (TPSA) is 53.5 Å². The molecular formula is C12H18BrN3O2S. The highest BCUT2D eigenvalue weighted by Crippen LogP contribution is 2.27. The Hall–Kier alpha value is -0.500. The SMILES string of the molecule is CC1CN(S(=O)(=O)c2cncc(Br)c2)CC1N(C)C. The zero-order chi connectivity index (χ0) is 14.2. The molecule has 1 saturated heterocycles. The van der Waals surface area contributed by atoms with E-state index in [9.17, 15) is 8.42 Å². The minimum absolute atomic E-state index is 0.244. The van der Waals surface area contributed by atoms with Gasteiger partial charge in [-0.25, -0.2) is 8.42 Å². The van der Waals surface area contributed by atoms with E-state index in [1.54, 1.807) is 16.6 Å². The fourth-order valence-corrected chi connectivity index (χ4v) is 4.52. The number of hydrogen-bond donors (Lipinski definition) is 0. The molecule has 0 saturated carbocycles. The Labute approximate surface area is 122 Å². The van der Waals surface area contributed by atoms with E-state index in [2.05, 4.69) is 32.7 Å². The number of aromatic nitrogens is 1. The zero-order valence-electron chi connectivity index (χ0n) is 11.2. The van der Waals surface area contributed by atoms with Gasteiger partial charge in [0.25, 0.3) is 0 Å². The van der Waals surface area contributed by atoms with Crippen LogP contribution in [0.4, 0.5) is 0 Å². The summed E-state index contributed by atoms with van der Waals surface area (Å²) in [4.78, 5) is 6.26. The van der Waals surface area contributed by atoms with E-state index in [1.807, 2.05) is 14.1 Å². The van der Waals surface area contributed by atoms with Gasteiger partial charge in [-0.1, -0.05) is 6.92 Å². The van der Waals surface area contributed by atoms with Gasteiger partial charge >= 0.3 is 0 Å². The summed E-state index contributed by atoms with van der Waals surface area (Å²) in [7, 11) is 0.522. The Bertz CT molecular complexity index is 562. The lowest BCUT2D eigenvalue weighted by Crippen LogP contribution is -2.35. The molecule has 0 amide bonds. The molecule has 106 valence electrons. The number of pyridine rings is 1. The molecule has 0 N–H and O–H groups in total. The summed E-state index contributed by atoms with van der Waals surface area (Å²) < 4.78 is 27.3. The van der Waals surface area contributed by atoms with Gasteiger partial charge in [0.15, 0.2) is 0 Å². The van der Waals surface area contributed by atoms with Crippen molar-refractivity contribution in [2.75, 3.05) is 27.2 Å². The lowest BCUT2D eigenvalue weighted by molar-refractivity contribution is 0.263. The molecule has 1 aliphatic heterocycles. The van der Waals surface area contributed by atoms with Crippen LogP contribution in [-0.4, -0.2) is 55.8 Å². The first kappa shape index (κ1) is 14.9. The molecule has 0 spiro atoms. The molecule has 19 heavy (non-hydrogen) atoms. The predicted octanol–water partition coefficient (Wildman–Crippen LogP) is 1.41. The van der Waals surface area contributed by atoms with Crippen LogP contribution in [-0.2, 0) is 10.0 Å². The molecule has 7 heteroatoms. The lowest BCUT2D eigenvalue weighted by atomic mass is 10.1. The number of sulfonamides is 1. The van der Waals surface area contributed by atoms with Crippen LogP contribution in [0.5, 0.6) is 0 Å². The van der Waals surface area contributed by atoms with E-state index in [0.717, 1.165) is 0 Å². The summed E-state index contributed by atoms with van der Waals surface area (Å²) in [6.07, 6.45) is 2.97. The first-order valence-electron chi connectivity index (χ1n) is 6.09. The number of rotatable bonds is 3. The van der Waals surface area contributed by atoms with E-state index in [1.165, 1.54) is 6.20 Å². The third-order valence-corrected chi connectivity index (χ3v) is 5.75. The third kappa shape index (κ3) is 2.99. The quantitative estimate of drug-likeness (QED) is 0.829. The number of halogens is 1. The van der Waals surface area contributed by atoms with Crippen molar-refractivity contribution in [2.24, 2.45) is 5.92 Å². The van der Waals surface area contributed by atoms with Crippen molar-refractivity contribution in [2.45, 2.75) is 17.9 Å². The van der Waals surface area contributed by atoms with Gasteiger partial charge in [0.05, 0.1) is 0 Å². The van der Waals surface area contributed by atoms with E-state index >= 15 is 0 Å². The van der Waals surface area contributed by atoms with Crippen LogP contribution in [0.2, 0.25) is 0 Å². The van der Waals surface area contributed by atoms with Crippen LogP contribution >= 0.6 is 15.9 Å². The minimum Gasteiger partial charge on any atom is -0.305 e. The van der Waals surface area contributed by atoms with E-state index in [-0.39, 0.29) is 10.9 Å². The predicted molar refractivity (Wildman–Crippen MR) is 77.3 cm³/mol. The van der Waals surface area contributed by atoms with Crippen molar-refractivity contribution in [3.8, 4) is 0 Å². The lowest BCUT2D eigenvalue weighted by Gasteiger charge is -2.22. The van der Waals surface area contributed by atoms with Crippen molar-refractivity contribution in [1.82, 2.24) is 14.2 Å². The Balaban J connectivity index is 2.27. The molecule has 2 atom stereocenters. The molecule has 1 aromatic heterocycles. The molecule has 2 rings (SSSR count). The van der Waals surface area contributed by atoms with Crippen LogP contribution in [0.25, 0.3) is 0 Å². The molecule has 1 aromatic rings. The molecule has 0 aromatic carbocycles. The van der Waals surface area contributed by atoms with Crippen molar-refractivity contribution in [1.29, 1.82) is 0 Å². The molecule has 1 fully saturated rings. The number of nitrogens with zero attached hydrogens (tertiary/aromatic N) is 3. The Morgan fingerprint density at radius 1 is 1.37 bits per heavy atom. The summed E-state index contributed by atoms with van der Waals surface area (Å²) in [5.74, 6) is 0.324. The standard InChI is InChI=1S/C12H18BrN3O2S/c1-9-7-16(8-12(9)15(2)3)19(17,18)11-4-10(13)5-14-6-11/h4-6,9,12H,7-8H2,1-3H3. The second kappa shape index (κ2) is 5.47. The molecule has 2 heterocycles. The van der Waals surface area contributed by atoms with Gasteiger partial charge in [0.2, 0.25) is 10.0 Å². The number of likely N-dealkylation sites (N-methyl/N-ethyl adjacent to an activating group) is 1. The van der Waals surface area contributed by atoms with Crippen molar-refractivity contribution in [3.05, 3.63) is 22.9 Å². The highest BCUT2D eigenvalue weighted by atomic mass is 79.9. The summed E-state index contributed by atoms with van der Waals surface area (Å²) in [6, 6.07) is 1.85. The van der Waals surface area contributed by atoms with Crippen LogP contribution in [0.1, 0.15) is 6.92 Å². The van der Waals surface area contributed by atoms with Crippen molar-refractivity contribution in [3.63, 3.8) is 0 Å². The van der Waals surface area contributed by atoms with Gasteiger partial charge in [0.1, 0.15) is 4.90 Å². The summed E-state index contributed by atoms with van der Waals surface area (Å²) in [6.45, 7) is 3.17. The van der Waals surface area contributed by atoms with Crippen molar-refractivity contribution < 1.29 is 8.42 Å². The molecule has 0 aliphatic carbocycles. The minimum atomic E-state index is -3.45. The first-order chi connectivity index (χ1) is 8.82. The Morgan fingerprint density at radius 2 is 2.05 bits per heavy atom. The van der Waals surface area contributed by atoms with Crippen molar-refractivity contribution >= 4 is 26.0 Å². The van der Waals surface area contributed by atoms with Gasteiger partial charge in [-0.05, 0) is 42.0 Å². The molecule has 0 bridgehead atoms. The highest BCUT2D eigenvalue weighted by molar-refractivity contribution is 9.10. The average Bonchev–Trinajstić information content (AvgIpc) is 2.72. The van der Waals surface area contributed by atoms with Crippen LogP contribution < -0.4 is 0 Å². The Morgan fingerprint density at radius 3 is 2.58 bits per heavy atom. The molecule has 1 aliphatic rings. The Kier molecular flexibility index (Phi) is 4.29. The second-order valence-corrected chi connectivity index (χ2v) is 8.02.